The Bertz CT molecular complexity index is 962. The molecule has 0 amide bonds. The van der Waals surface area contributed by atoms with E-state index in [0.717, 1.165) is 29.5 Å². The maximum absolute atomic E-state index is 11.7. The largest absolute Gasteiger partial charge is 0.224 e. The second-order valence-electron chi connectivity index (χ2n) is 6.86. The van der Waals surface area contributed by atoms with Gasteiger partial charge >= 0.3 is 0 Å². The lowest BCUT2D eigenvalue weighted by atomic mass is 9.84. The Kier molecular flexibility index (Phi) is 5.14. The van der Waals surface area contributed by atoms with Crippen molar-refractivity contribution in [3.63, 3.8) is 0 Å². The molecule has 2 nitrogen and oxygen atoms in total. The molecule has 136 valence electrons. The lowest BCUT2D eigenvalue weighted by Gasteiger charge is -2.20. The highest BCUT2D eigenvalue weighted by Crippen LogP contribution is 2.47. The average Bonchev–Trinajstić information content (AvgIpc) is 3.02. The fraction of sp³-hybridized carbons (Fsp3) is 0.273. The number of allylic oxidation sites excluding steroid dienone is 4. The van der Waals surface area contributed by atoms with E-state index in [1.807, 2.05) is 36.4 Å². The van der Waals surface area contributed by atoms with Gasteiger partial charge in [0.2, 0.25) is 0 Å². The summed E-state index contributed by atoms with van der Waals surface area (Å²) >= 11 is 6.05. The summed E-state index contributed by atoms with van der Waals surface area (Å²) < 4.78 is 23.5. The predicted molar refractivity (Wildman–Crippen MR) is 110 cm³/mol. The zero-order valence-corrected chi connectivity index (χ0v) is 16.9. The van der Waals surface area contributed by atoms with Gasteiger partial charge in [-0.25, -0.2) is 8.42 Å². The number of sulfone groups is 1. The van der Waals surface area contributed by atoms with Crippen LogP contribution in [0, 0.1) is 5.41 Å². The Morgan fingerprint density at radius 2 is 1.23 bits per heavy atom. The van der Waals surface area contributed by atoms with Crippen LogP contribution in [0.1, 0.15) is 37.8 Å². The maximum atomic E-state index is 11.7. The topological polar surface area (TPSA) is 34.1 Å². The molecule has 3 rings (SSSR count). The van der Waals surface area contributed by atoms with Gasteiger partial charge < -0.3 is 0 Å². The molecule has 0 radical (unpaired) electrons. The molecule has 0 saturated carbocycles. The van der Waals surface area contributed by atoms with Gasteiger partial charge in [-0.1, -0.05) is 61.9 Å². The second kappa shape index (κ2) is 7.05. The van der Waals surface area contributed by atoms with E-state index in [1.165, 1.54) is 11.8 Å². The van der Waals surface area contributed by atoms with E-state index in [9.17, 15) is 8.42 Å². The quantitative estimate of drug-likeness (QED) is 0.628. The van der Waals surface area contributed by atoms with E-state index in [4.69, 9.17) is 11.6 Å². The number of hydrogen-bond donors (Lipinski definition) is 0. The molecule has 0 unspecified atom stereocenters. The van der Waals surface area contributed by atoms with Gasteiger partial charge in [-0.2, -0.15) is 0 Å². The molecule has 4 heteroatoms. The van der Waals surface area contributed by atoms with E-state index in [-0.39, 0.29) is 5.41 Å². The first-order valence-electron chi connectivity index (χ1n) is 8.80. The molecule has 0 saturated heterocycles. The standard InChI is InChI=1S/C22H23ClO2S/c1-4-22(5-2)14-20(16-6-10-18(23)11-7-16)21(15-22)17-8-12-19(13-9-17)26(3,24)25/h6-15H,4-5H2,1-3H3. The molecule has 0 heterocycles. The minimum absolute atomic E-state index is 0.0276. The molecule has 2 aromatic carbocycles. The van der Waals surface area contributed by atoms with Gasteiger partial charge in [-0.3, -0.25) is 0 Å². The zero-order valence-electron chi connectivity index (χ0n) is 15.3. The maximum Gasteiger partial charge on any atom is 0.175 e. The Balaban J connectivity index is 2.10. The Morgan fingerprint density at radius 3 is 1.62 bits per heavy atom. The predicted octanol–water partition coefficient (Wildman–Crippen LogP) is 6.03. The molecule has 0 spiro atoms. The van der Waals surface area contributed by atoms with Crippen LogP contribution < -0.4 is 0 Å². The van der Waals surface area contributed by atoms with Crippen LogP contribution in [0.25, 0.3) is 11.1 Å². The molecule has 0 aromatic heterocycles. The molecule has 0 bridgehead atoms. The fourth-order valence-electron chi connectivity index (χ4n) is 3.42. The van der Waals surface area contributed by atoms with Crippen molar-refractivity contribution in [3.05, 3.63) is 76.8 Å². The number of rotatable bonds is 5. The van der Waals surface area contributed by atoms with Gasteiger partial charge in [0.15, 0.2) is 9.84 Å². The summed E-state index contributed by atoms with van der Waals surface area (Å²) in [7, 11) is -3.19. The first-order chi connectivity index (χ1) is 12.3. The summed E-state index contributed by atoms with van der Waals surface area (Å²) in [5.41, 5.74) is 4.51. The normalized spacial score (nSPS) is 16.3. The summed E-state index contributed by atoms with van der Waals surface area (Å²) in [6.07, 6.45) is 7.94. The summed E-state index contributed by atoms with van der Waals surface area (Å²) in [6, 6.07) is 15.0. The van der Waals surface area contributed by atoms with Crippen molar-refractivity contribution < 1.29 is 8.42 Å². The Labute approximate surface area is 161 Å². The van der Waals surface area contributed by atoms with Gasteiger partial charge in [0, 0.05) is 16.7 Å². The van der Waals surface area contributed by atoms with Crippen molar-refractivity contribution in [2.75, 3.05) is 6.26 Å². The molecule has 26 heavy (non-hydrogen) atoms. The fourth-order valence-corrected chi connectivity index (χ4v) is 4.18. The van der Waals surface area contributed by atoms with Crippen LogP contribution in [-0.4, -0.2) is 14.7 Å². The monoisotopic (exact) mass is 386 g/mol. The molecule has 1 aliphatic carbocycles. The molecular formula is C22H23ClO2S. The van der Waals surface area contributed by atoms with Crippen molar-refractivity contribution in [2.24, 2.45) is 5.41 Å². The highest BCUT2D eigenvalue weighted by atomic mass is 35.5. The van der Waals surface area contributed by atoms with E-state index in [1.54, 1.807) is 12.1 Å². The highest BCUT2D eigenvalue weighted by molar-refractivity contribution is 7.90. The SMILES string of the molecule is CCC1(CC)C=C(c2ccc(Cl)cc2)C(c2ccc(S(C)(=O)=O)cc2)=C1. The molecule has 0 fully saturated rings. The van der Waals surface area contributed by atoms with E-state index >= 15 is 0 Å². The van der Waals surface area contributed by atoms with Crippen LogP contribution in [0.15, 0.2) is 65.6 Å². The van der Waals surface area contributed by atoms with Gasteiger partial charge in [0.25, 0.3) is 0 Å². The van der Waals surface area contributed by atoms with Crippen LogP contribution in [0.5, 0.6) is 0 Å². The van der Waals surface area contributed by atoms with Crippen molar-refractivity contribution in [3.8, 4) is 0 Å². The molecule has 1 aliphatic rings. The Morgan fingerprint density at radius 1 is 0.808 bits per heavy atom. The number of benzene rings is 2. The van der Waals surface area contributed by atoms with Crippen LogP contribution >= 0.6 is 11.6 Å². The minimum Gasteiger partial charge on any atom is -0.224 e. The zero-order chi connectivity index (χ0) is 18.9. The molecule has 0 N–H and O–H groups in total. The molecule has 2 aromatic rings. The van der Waals surface area contributed by atoms with Crippen molar-refractivity contribution >= 4 is 32.6 Å². The van der Waals surface area contributed by atoms with Crippen LogP contribution in [0.4, 0.5) is 0 Å². The summed E-state index contributed by atoms with van der Waals surface area (Å²) in [4.78, 5) is 0.342. The van der Waals surface area contributed by atoms with E-state index in [2.05, 4.69) is 26.0 Å². The van der Waals surface area contributed by atoms with Crippen molar-refractivity contribution in [2.45, 2.75) is 31.6 Å². The van der Waals surface area contributed by atoms with Gasteiger partial charge in [-0.15, -0.1) is 0 Å². The summed E-state index contributed by atoms with van der Waals surface area (Å²) in [5, 5.41) is 0.715. The third kappa shape index (κ3) is 3.65. The molecule has 0 atom stereocenters. The average molecular weight is 387 g/mol. The van der Waals surface area contributed by atoms with Gasteiger partial charge in [-0.05, 0) is 59.4 Å². The minimum atomic E-state index is -3.19. The highest BCUT2D eigenvalue weighted by Gasteiger charge is 2.30. The molecular weight excluding hydrogens is 364 g/mol. The van der Waals surface area contributed by atoms with Crippen LogP contribution in [0.2, 0.25) is 5.02 Å². The lowest BCUT2D eigenvalue weighted by molar-refractivity contribution is 0.464. The van der Waals surface area contributed by atoms with Crippen LogP contribution in [0.3, 0.4) is 0 Å². The third-order valence-corrected chi connectivity index (χ3v) is 6.60. The van der Waals surface area contributed by atoms with E-state index < -0.39 is 9.84 Å². The third-order valence-electron chi connectivity index (χ3n) is 5.22. The Hall–Kier alpha value is -1.84. The van der Waals surface area contributed by atoms with Gasteiger partial charge in [0.1, 0.15) is 0 Å². The summed E-state index contributed by atoms with van der Waals surface area (Å²) in [5.74, 6) is 0. The lowest BCUT2D eigenvalue weighted by Crippen LogP contribution is -2.09. The van der Waals surface area contributed by atoms with Crippen LogP contribution in [-0.2, 0) is 9.84 Å². The smallest absolute Gasteiger partial charge is 0.175 e. The second-order valence-corrected chi connectivity index (χ2v) is 9.31. The first kappa shape index (κ1) is 18.9. The number of halogens is 1. The van der Waals surface area contributed by atoms with E-state index in [0.29, 0.717) is 9.92 Å². The first-order valence-corrected chi connectivity index (χ1v) is 11.1. The summed E-state index contributed by atoms with van der Waals surface area (Å²) in [6.45, 7) is 4.40. The molecule has 0 aliphatic heterocycles. The van der Waals surface area contributed by atoms with Crippen molar-refractivity contribution in [1.82, 2.24) is 0 Å². The number of hydrogen-bond acceptors (Lipinski definition) is 2. The van der Waals surface area contributed by atoms with Gasteiger partial charge in [0.05, 0.1) is 4.90 Å². The van der Waals surface area contributed by atoms with Crippen molar-refractivity contribution in [1.29, 1.82) is 0 Å².